The first kappa shape index (κ1) is 16.7. The van der Waals surface area contributed by atoms with Gasteiger partial charge in [0.15, 0.2) is 5.78 Å². The zero-order valence-electron chi connectivity index (χ0n) is 13.8. The molecule has 120 valence electrons. The Balaban J connectivity index is 1.76. The van der Waals surface area contributed by atoms with Crippen molar-refractivity contribution in [3.8, 4) is 0 Å². The summed E-state index contributed by atoms with van der Waals surface area (Å²) in [6.45, 7) is 2.84. The van der Waals surface area contributed by atoms with E-state index >= 15 is 0 Å². The number of rotatable bonds is 6. The number of nitrogens with zero attached hydrogens (tertiary/aromatic N) is 1. The molecule has 0 bridgehead atoms. The van der Waals surface area contributed by atoms with E-state index in [1.165, 1.54) is 32.1 Å². The number of hydrogen-bond acceptors (Lipinski definition) is 2. The highest BCUT2D eigenvalue weighted by molar-refractivity contribution is 5.97. The Labute approximate surface area is 133 Å². The standard InChI is InChI=1S/C19H27NO2/c1-15-8-10-17(11-9-15)18(21)12-13-19(22)20(2)14-16-6-4-3-5-7-16/h8-11,16H,3-7,12-14H2,1-2H3. The summed E-state index contributed by atoms with van der Waals surface area (Å²) < 4.78 is 0. The van der Waals surface area contributed by atoms with Gasteiger partial charge >= 0.3 is 0 Å². The molecule has 3 nitrogen and oxygen atoms in total. The molecule has 1 fully saturated rings. The van der Waals surface area contributed by atoms with Gasteiger partial charge in [-0.05, 0) is 25.7 Å². The summed E-state index contributed by atoms with van der Waals surface area (Å²) in [6, 6.07) is 7.55. The molecule has 1 aliphatic carbocycles. The highest BCUT2D eigenvalue weighted by atomic mass is 16.2. The van der Waals surface area contributed by atoms with Crippen molar-refractivity contribution in [3.63, 3.8) is 0 Å². The van der Waals surface area contributed by atoms with Crippen LogP contribution in [0.4, 0.5) is 0 Å². The van der Waals surface area contributed by atoms with E-state index in [4.69, 9.17) is 0 Å². The lowest BCUT2D eigenvalue weighted by Crippen LogP contribution is -2.32. The maximum absolute atomic E-state index is 12.2. The Bertz CT molecular complexity index is 501. The normalized spacial score (nSPS) is 15.5. The van der Waals surface area contributed by atoms with Gasteiger partial charge in [-0.2, -0.15) is 0 Å². The lowest BCUT2D eigenvalue weighted by Gasteiger charge is -2.27. The van der Waals surface area contributed by atoms with Crippen molar-refractivity contribution in [2.75, 3.05) is 13.6 Å². The van der Waals surface area contributed by atoms with Gasteiger partial charge in [0.1, 0.15) is 0 Å². The molecule has 22 heavy (non-hydrogen) atoms. The second-order valence-electron chi connectivity index (χ2n) is 6.57. The van der Waals surface area contributed by atoms with Gasteiger partial charge in [0.25, 0.3) is 0 Å². The molecule has 0 atom stereocenters. The van der Waals surface area contributed by atoms with Crippen LogP contribution in [0.15, 0.2) is 24.3 Å². The zero-order chi connectivity index (χ0) is 15.9. The van der Waals surface area contributed by atoms with Gasteiger partial charge in [-0.1, -0.05) is 49.1 Å². The van der Waals surface area contributed by atoms with Gasteiger partial charge in [0, 0.05) is 32.0 Å². The molecular weight excluding hydrogens is 274 g/mol. The molecule has 0 aromatic heterocycles. The smallest absolute Gasteiger partial charge is 0.222 e. The first-order chi connectivity index (χ1) is 10.6. The van der Waals surface area contributed by atoms with Gasteiger partial charge < -0.3 is 4.90 Å². The second kappa shape index (κ2) is 8.11. The SMILES string of the molecule is Cc1ccc(C(=O)CCC(=O)N(C)CC2CCCCC2)cc1. The van der Waals surface area contributed by atoms with Crippen LogP contribution in [-0.4, -0.2) is 30.2 Å². The fourth-order valence-electron chi connectivity index (χ4n) is 3.15. The molecule has 0 radical (unpaired) electrons. The fraction of sp³-hybridized carbons (Fsp3) is 0.579. The highest BCUT2D eigenvalue weighted by Gasteiger charge is 2.19. The number of Topliss-reactive ketones (excluding diaryl/α,β-unsaturated/α-hetero) is 1. The van der Waals surface area contributed by atoms with Crippen molar-refractivity contribution in [1.29, 1.82) is 0 Å². The monoisotopic (exact) mass is 301 g/mol. The molecule has 0 heterocycles. The van der Waals surface area contributed by atoms with E-state index in [0.717, 1.165) is 12.1 Å². The number of carbonyl (C=O) groups excluding carboxylic acids is 2. The molecule has 1 aromatic carbocycles. The molecule has 0 unspecified atom stereocenters. The predicted molar refractivity (Wildman–Crippen MR) is 89.0 cm³/mol. The van der Waals surface area contributed by atoms with Gasteiger partial charge in [-0.15, -0.1) is 0 Å². The number of hydrogen-bond donors (Lipinski definition) is 0. The molecule has 3 heteroatoms. The van der Waals surface area contributed by atoms with E-state index in [1.807, 2.05) is 43.1 Å². The minimum atomic E-state index is 0.0550. The molecule has 1 aromatic rings. The van der Waals surface area contributed by atoms with Gasteiger partial charge in [0.2, 0.25) is 5.91 Å². The third-order valence-corrected chi connectivity index (χ3v) is 4.62. The minimum Gasteiger partial charge on any atom is -0.345 e. The Hall–Kier alpha value is -1.64. The second-order valence-corrected chi connectivity index (χ2v) is 6.57. The van der Waals surface area contributed by atoms with E-state index in [1.54, 1.807) is 0 Å². The average molecular weight is 301 g/mol. The van der Waals surface area contributed by atoms with Crippen LogP contribution in [0.25, 0.3) is 0 Å². The van der Waals surface area contributed by atoms with E-state index < -0.39 is 0 Å². The molecule has 0 N–H and O–H groups in total. The number of ketones is 1. The first-order valence-corrected chi connectivity index (χ1v) is 8.40. The van der Waals surface area contributed by atoms with Crippen LogP contribution in [0.5, 0.6) is 0 Å². The number of amides is 1. The van der Waals surface area contributed by atoms with Crippen molar-refractivity contribution in [2.24, 2.45) is 5.92 Å². The van der Waals surface area contributed by atoms with Crippen LogP contribution in [0, 0.1) is 12.8 Å². The van der Waals surface area contributed by atoms with Crippen molar-refractivity contribution >= 4 is 11.7 Å². The maximum atomic E-state index is 12.2. The molecule has 0 spiro atoms. The van der Waals surface area contributed by atoms with E-state index in [0.29, 0.717) is 24.3 Å². The van der Waals surface area contributed by atoms with E-state index in [2.05, 4.69) is 0 Å². The highest BCUT2D eigenvalue weighted by Crippen LogP contribution is 2.24. The molecule has 1 saturated carbocycles. The summed E-state index contributed by atoms with van der Waals surface area (Å²) >= 11 is 0. The van der Waals surface area contributed by atoms with Crippen LogP contribution >= 0.6 is 0 Å². The summed E-state index contributed by atoms with van der Waals surface area (Å²) in [6.07, 6.45) is 7.00. The summed E-state index contributed by atoms with van der Waals surface area (Å²) in [7, 11) is 1.87. The molecule has 1 aliphatic rings. The zero-order valence-corrected chi connectivity index (χ0v) is 13.8. The Morgan fingerprint density at radius 2 is 1.68 bits per heavy atom. The molecule has 0 aliphatic heterocycles. The van der Waals surface area contributed by atoms with E-state index in [-0.39, 0.29) is 11.7 Å². The molecule has 2 rings (SSSR count). The van der Waals surface area contributed by atoms with Gasteiger partial charge in [-0.3, -0.25) is 9.59 Å². The van der Waals surface area contributed by atoms with Crippen molar-refractivity contribution in [2.45, 2.75) is 51.9 Å². The summed E-state index contributed by atoms with van der Waals surface area (Å²) in [4.78, 5) is 26.1. The third-order valence-electron chi connectivity index (χ3n) is 4.62. The van der Waals surface area contributed by atoms with Gasteiger partial charge in [-0.25, -0.2) is 0 Å². The average Bonchev–Trinajstić information content (AvgIpc) is 2.53. The Kier molecular flexibility index (Phi) is 6.17. The van der Waals surface area contributed by atoms with Crippen LogP contribution in [-0.2, 0) is 4.79 Å². The lowest BCUT2D eigenvalue weighted by molar-refractivity contribution is -0.130. The minimum absolute atomic E-state index is 0.0550. The Morgan fingerprint density at radius 1 is 1.05 bits per heavy atom. The Morgan fingerprint density at radius 3 is 2.32 bits per heavy atom. The van der Waals surface area contributed by atoms with Crippen molar-refractivity contribution in [1.82, 2.24) is 4.90 Å². The van der Waals surface area contributed by atoms with Gasteiger partial charge in [0.05, 0.1) is 0 Å². The van der Waals surface area contributed by atoms with E-state index in [9.17, 15) is 9.59 Å². The van der Waals surface area contributed by atoms with Crippen LogP contribution in [0.2, 0.25) is 0 Å². The summed E-state index contributed by atoms with van der Waals surface area (Å²) in [5.74, 6) is 0.793. The van der Waals surface area contributed by atoms with Crippen LogP contribution < -0.4 is 0 Å². The quantitative estimate of drug-likeness (QED) is 0.745. The predicted octanol–water partition coefficient (Wildman–Crippen LogP) is 4.00. The number of benzene rings is 1. The largest absolute Gasteiger partial charge is 0.345 e. The molecule has 1 amide bonds. The summed E-state index contributed by atoms with van der Waals surface area (Å²) in [5.41, 5.74) is 1.84. The fourth-order valence-corrected chi connectivity index (χ4v) is 3.15. The number of aryl methyl sites for hydroxylation is 1. The lowest BCUT2D eigenvalue weighted by atomic mass is 9.89. The number of carbonyl (C=O) groups is 2. The topological polar surface area (TPSA) is 37.4 Å². The molecule has 0 saturated heterocycles. The third kappa shape index (κ3) is 4.97. The van der Waals surface area contributed by atoms with Crippen molar-refractivity contribution < 1.29 is 9.59 Å². The summed E-state index contributed by atoms with van der Waals surface area (Å²) in [5, 5.41) is 0. The molecular formula is C19H27NO2. The first-order valence-electron chi connectivity index (χ1n) is 8.40. The van der Waals surface area contributed by atoms with Crippen LogP contribution in [0.1, 0.15) is 60.9 Å². The maximum Gasteiger partial charge on any atom is 0.222 e. The van der Waals surface area contributed by atoms with Crippen LogP contribution in [0.3, 0.4) is 0 Å². The van der Waals surface area contributed by atoms with Crippen molar-refractivity contribution in [3.05, 3.63) is 35.4 Å².